The Hall–Kier alpha value is -1.55. The number of anilines is 1. The highest BCUT2D eigenvalue weighted by molar-refractivity contribution is 5.84. The van der Waals surface area contributed by atoms with Gasteiger partial charge in [-0.15, -0.1) is 0 Å². The molecule has 1 saturated carbocycles. The maximum atomic E-state index is 11.4. The van der Waals surface area contributed by atoms with Crippen molar-refractivity contribution >= 4 is 11.8 Å². The summed E-state index contributed by atoms with van der Waals surface area (Å²) in [5.74, 6) is 0. The van der Waals surface area contributed by atoms with Gasteiger partial charge in [-0.2, -0.15) is 0 Å². The second-order valence-electron chi connectivity index (χ2n) is 4.25. The summed E-state index contributed by atoms with van der Waals surface area (Å²) in [5.41, 5.74) is 7.51. The van der Waals surface area contributed by atoms with E-state index in [1.54, 1.807) is 0 Å². The molecule has 1 fully saturated rings. The molecule has 1 amide bonds. The van der Waals surface area contributed by atoms with Gasteiger partial charge in [-0.3, -0.25) is 5.32 Å². The van der Waals surface area contributed by atoms with Crippen molar-refractivity contribution < 1.29 is 9.53 Å². The third kappa shape index (κ3) is 2.73. The molecule has 16 heavy (non-hydrogen) atoms. The lowest BCUT2D eigenvalue weighted by Gasteiger charge is -2.31. The quantitative estimate of drug-likeness (QED) is 0.801. The Morgan fingerprint density at radius 3 is 2.56 bits per heavy atom. The topological polar surface area (TPSA) is 64.3 Å². The summed E-state index contributed by atoms with van der Waals surface area (Å²) in [4.78, 5) is 11.4. The van der Waals surface area contributed by atoms with Gasteiger partial charge in [-0.25, -0.2) is 4.79 Å². The van der Waals surface area contributed by atoms with Crippen LogP contribution in [-0.4, -0.2) is 18.2 Å². The number of hydrogen-bond donors (Lipinski definition) is 2. The van der Waals surface area contributed by atoms with Crippen LogP contribution >= 0.6 is 0 Å². The molecule has 0 aliphatic heterocycles. The number of amides is 1. The summed E-state index contributed by atoms with van der Waals surface area (Å²) in [5, 5.41) is 2.68. The number of benzene rings is 1. The molecule has 0 radical (unpaired) electrons. The maximum Gasteiger partial charge on any atom is 0.411 e. The van der Waals surface area contributed by atoms with E-state index in [0.717, 1.165) is 24.1 Å². The van der Waals surface area contributed by atoms with Crippen molar-refractivity contribution in [3.8, 4) is 0 Å². The van der Waals surface area contributed by atoms with Crippen molar-refractivity contribution in [3.63, 3.8) is 0 Å². The van der Waals surface area contributed by atoms with Gasteiger partial charge in [0.05, 0.1) is 0 Å². The van der Waals surface area contributed by atoms with Gasteiger partial charge in [-0.1, -0.05) is 17.7 Å². The molecular formula is C12H16N2O2. The molecule has 0 saturated heterocycles. The fourth-order valence-electron chi connectivity index (χ4n) is 1.64. The van der Waals surface area contributed by atoms with E-state index < -0.39 is 6.09 Å². The van der Waals surface area contributed by atoms with Crippen molar-refractivity contribution in [1.82, 2.24) is 0 Å². The summed E-state index contributed by atoms with van der Waals surface area (Å²) < 4.78 is 5.16. The summed E-state index contributed by atoms with van der Waals surface area (Å²) in [7, 11) is 0. The Balaban J connectivity index is 1.80. The van der Waals surface area contributed by atoms with Crippen molar-refractivity contribution in [2.45, 2.75) is 31.9 Å². The van der Waals surface area contributed by atoms with Crippen LogP contribution in [0.2, 0.25) is 0 Å². The number of aryl methyl sites for hydroxylation is 1. The lowest BCUT2D eigenvalue weighted by Crippen LogP contribution is -2.43. The lowest BCUT2D eigenvalue weighted by molar-refractivity contribution is 0.0503. The third-order valence-electron chi connectivity index (χ3n) is 2.70. The van der Waals surface area contributed by atoms with Crippen LogP contribution in [0.1, 0.15) is 18.4 Å². The zero-order valence-corrected chi connectivity index (χ0v) is 9.27. The minimum atomic E-state index is -0.402. The molecule has 1 aliphatic carbocycles. The second kappa shape index (κ2) is 4.53. The minimum absolute atomic E-state index is 0.0135. The molecule has 0 aromatic heterocycles. The second-order valence-corrected chi connectivity index (χ2v) is 4.25. The Morgan fingerprint density at radius 2 is 2.00 bits per heavy atom. The lowest BCUT2D eigenvalue weighted by atomic mass is 9.90. The monoisotopic (exact) mass is 220 g/mol. The standard InChI is InChI=1S/C12H16N2O2/c1-8-2-4-10(5-3-8)14-12(15)16-11-6-9(13)7-11/h2-5,9,11H,6-7,13H2,1H3,(H,14,15). The zero-order chi connectivity index (χ0) is 11.5. The van der Waals surface area contributed by atoms with E-state index in [-0.39, 0.29) is 12.1 Å². The molecule has 1 aliphatic rings. The summed E-state index contributed by atoms with van der Waals surface area (Å²) in [6.45, 7) is 2.00. The van der Waals surface area contributed by atoms with Crippen LogP contribution in [0, 0.1) is 6.92 Å². The predicted octanol–water partition coefficient (Wildman–Crippen LogP) is 2.03. The van der Waals surface area contributed by atoms with Crippen LogP contribution in [0.3, 0.4) is 0 Å². The average Bonchev–Trinajstić information content (AvgIpc) is 2.19. The fraction of sp³-hybridized carbons (Fsp3) is 0.417. The van der Waals surface area contributed by atoms with Crippen molar-refractivity contribution in [3.05, 3.63) is 29.8 Å². The summed E-state index contributed by atoms with van der Waals surface area (Å²) in [6.07, 6.45) is 1.11. The van der Waals surface area contributed by atoms with Crippen LogP contribution in [0.15, 0.2) is 24.3 Å². The zero-order valence-electron chi connectivity index (χ0n) is 9.27. The van der Waals surface area contributed by atoms with Gasteiger partial charge >= 0.3 is 6.09 Å². The SMILES string of the molecule is Cc1ccc(NC(=O)OC2CC(N)C2)cc1. The van der Waals surface area contributed by atoms with E-state index >= 15 is 0 Å². The Morgan fingerprint density at radius 1 is 1.38 bits per heavy atom. The van der Waals surface area contributed by atoms with Crippen LogP contribution in [0.25, 0.3) is 0 Å². The third-order valence-corrected chi connectivity index (χ3v) is 2.70. The first-order chi connectivity index (χ1) is 7.63. The number of ether oxygens (including phenoxy) is 1. The Labute approximate surface area is 94.8 Å². The first kappa shape index (κ1) is 11.0. The van der Waals surface area contributed by atoms with Gasteiger partial charge in [-0.05, 0) is 31.9 Å². The predicted molar refractivity (Wildman–Crippen MR) is 62.3 cm³/mol. The first-order valence-electron chi connectivity index (χ1n) is 5.43. The van der Waals surface area contributed by atoms with Crippen LogP contribution in [-0.2, 0) is 4.74 Å². The molecule has 4 nitrogen and oxygen atoms in total. The van der Waals surface area contributed by atoms with Gasteiger partial charge < -0.3 is 10.5 Å². The van der Waals surface area contributed by atoms with E-state index in [1.165, 1.54) is 0 Å². The van der Waals surface area contributed by atoms with Gasteiger partial charge in [0.15, 0.2) is 0 Å². The summed E-state index contributed by atoms with van der Waals surface area (Å²) >= 11 is 0. The van der Waals surface area contributed by atoms with Crippen molar-refractivity contribution in [2.24, 2.45) is 5.73 Å². The van der Waals surface area contributed by atoms with E-state index in [0.29, 0.717) is 0 Å². The fourth-order valence-corrected chi connectivity index (χ4v) is 1.64. The van der Waals surface area contributed by atoms with Crippen molar-refractivity contribution in [2.75, 3.05) is 5.32 Å². The molecule has 0 spiro atoms. The highest BCUT2D eigenvalue weighted by atomic mass is 16.6. The molecule has 0 unspecified atom stereocenters. The maximum absolute atomic E-state index is 11.4. The van der Waals surface area contributed by atoms with E-state index in [9.17, 15) is 4.79 Å². The molecule has 86 valence electrons. The van der Waals surface area contributed by atoms with Gasteiger partial charge in [0, 0.05) is 11.7 Å². The Bertz CT molecular complexity index is 369. The number of rotatable bonds is 2. The molecule has 1 aromatic rings. The normalized spacial score (nSPS) is 23.4. The molecule has 0 heterocycles. The highest BCUT2D eigenvalue weighted by Gasteiger charge is 2.29. The molecule has 3 N–H and O–H groups in total. The summed E-state index contributed by atoms with van der Waals surface area (Å²) in [6, 6.07) is 7.77. The molecule has 0 bridgehead atoms. The molecule has 0 atom stereocenters. The van der Waals surface area contributed by atoms with Crippen LogP contribution in [0.5, 0.6) is 0 Å². The number of carbonyl (C=O) groups excluding carboxylic acids is 1. The first-order valence-corrected chi connectivity index (χ1v) is 5.43. The van der Waals surface area contributed by atoms with Crippen LogP contribution < -0.4 is 11.1 Å². The largest absolute Gasteiger partial charge is 0.446 e. The number of nitrogens with two attached hydrogens (primary N) is 1. The average molecular weight is 220 g/mol. The Kier molecular flexibility index (Phi) is 3.10. The smallest absolute Gasteiger partial charge is 0.411 e. The molecule has 4 heteroatoms. The highest BCUT2D eigenvalue weighted by Crippen LogP contribution is 2.21. The number of carbonyl (C=O) groups is 1. The van der Waals surface area contributed by atoms with Crippen molar-refractivity contribution in [1.29, 1.82) is 0 Å². The van der Waals surface area contributed by atoms with E-state index in [4.69, 9.17) is 10.5 Å². The van der Waals surface area contributed by atoms with E-state index in [2.05, 4.69) is 5.32 Å². The van der Waals surface area contributed by atoms with Gasteiger partial charge in [0.1, 0.15) is 6.10 Å². The van der Waals surface area contributed by atoms with Gasteiger partial charge in [0.25, 0.3) is 0 Å². The molecular weight excluding hydrogens is 204 g/mol. The number of nitrogens with one attached hydrogen (secondary N) is 1. The minimum Gasteiger partial charge on any atom is -0.446 e. The van der Waals surface area contributed by atoms with E-state index in [1.807, 2.05) is 31.2 Å². The van der Waals surface area contributed by atoms with Crippen LogP contribution in [0.4, 0.5) is 10.5 Å². The van der Waals surface area contributed by atoms with Gasteiger partial charge in [0.2, 0.25) is 0 Å². The molecule has 1 aromatic carbocycles. The number of hydrogen-bond acceptors (Lipinski definition) is 3. The molecule has 2 rings (SSSR count).